The van der Waals surface area contributed by atoms with Gasteiger partial charge in [0.25, 0.3) is 0 Å². The lowest BCUT2D eigenvalue weighted by Gasteiger charge is -2.29. The van der Waals surface area contributed by atoms with Gasteiger partial charge in [0.15, 0.2) is 5.11 Å². The quantitative estimate of drug-likeness (QED) is 0.448. The van der Waals surface area contributed by atoms with Crippen molar-refractivity contribution in [2.45, 2.75) is 39.2 Å². The molecule has 0 amide bonds. The lowest BCUT2D eigenvalue weighted by molar-refractivity contribution is 0.0526. The SMILES string of the molecule is CCOC(=O)c1cc(NC(=S)N[C@@H](C)c2ccc(N3CCCCC3)cc2)ccc1Cl. The summed E-state index contributed by atoms with van der Waals surface area (Å²) in [5.74, 6) is -0.452. The molecule has 0 radical (unpaired) electrons. The first-order valence-electron chi connectivity index (χ1n) is 10.4. The van der Waals surface area contributed by atoms with Gasteiger partial charge < -0.3 is 20.3 Å². The van der Waals surface area contributed by atoms with E-state index >= 15 is 0 Å². The minimum Gasteiger partial charge on any atom is -0.462 e. The molecule has 2 aromatic carbocycles. The van der Waals surface area contributed by atoms with E-state index < -0.39 is 5.97 Å². The summed E-state index contributed by atoms with van der Waals surface area (Å²) in [7, 11) is 0. The minimum atomic E-state index is -0.452. The number of anilines is 2. The highest BCUT2D eigenvalue weighted by atomic mass is 35.5. The molecule has 0 unspecified atom stereocenters. The highest BCUT2D eigenvalue weighted by Crippen LogP contribution is 2.24. The van der Waals surface area contributed by atoms with Crippen LogP contribution in [0.25, 0.3) is 0 Å². The average molecular weight is 446 g/mol. The predicted octanol–water partition coefficient (Wildman–Crippen LogP) is 5.55. The van der Waals surface area contributed by atoms with E-state index in [1.807, 2.05) is 0 Å². The van der Waals surface area contributed by atoms with Gasteiger partial charge in [0.1, 0.15) is 0 Å². The maximum Gasteiger partial charge on any atom is 0.339 e. The maximum atomic E-state index is 12.0. The van der Waals surface area contributed by atoms with E-state index in [0.29, 0.717) is 28.0 Å². The fourth-order valence-corrected chi connectivity index (χ4v) is 4.03. The molecule has 0 aromatic heterocycles. The first-order valence-corrected chi connectivity index (χ1v) is 11.2. The number of piperidine rings is 1. The van der Waals surface area contributed by atoms with Crippen LogP contribution in [0.3, 0.4) is 0 Å². The topological polar surface area (TPSA) is 53.6 Å². The molecule has 1 aliphatic rings. The maximum absolute atomic E-state index is 12.0. The largest absolute Gasteiger partial charge is 0.462 e. The highest BCUT2D eigenvalue weighted by molar-refractivity contribution is 7.80. The van der Waals surface area contributed by atoms with Crippen molar-refractivity contribution < 1.29 is 9.53 Å². The second kappa shape index (κ2) is 10.6. The van der Waals surface area contributed by atoms with E-state index in [4.69, 9.17) is 28.6 Å². The smallest absolute Gasteiger partial charge is 0.339 e. The van der Waals surface area contributed by atoms with Crippen molar-refractivity contribution in [2.24, 2.45) is 0 Å². The van der Waals surface area contributed by atoms with E-state index in [2.05, 4.69) is 46.7 Å². The minimum absolute atomic E-state index is 0.0391. The molecular formula is C23H28ClN3O2S. The second-order valence-corrected chi connectivity index (χ2v) is 8.19. The van der Waals surface area contributed by atoms with Gasteiger partial charge >= 0.3 is 5.97 Å². The lowest BCUT2D eigenvalue weighted by Crippen LogP contribution is -2.31. The fraction of sp³-hybridized carbons (Fsp3) is 0.391. The van der Waals surface area contributed by atoms with Gasteiger partial charge in [0.2, 0.25) is 0 Å². The van der Waals surface area contributed by atoms with Gasteiger partial charge in [-0.05, 0) is 81.2 Å². The summed E-state index contributed by atoms with van der Waals surface area (Å²) in [5.41, 5.74) is 3.42. The molecule has 0 spiro atoms. The van der Waals surface area contributed by atoms with Crippen LogP contribution >= 0.6 is 23.8 Å². The van der Waals surface area contributed by atoms with E-state index in [1.165, 1.54) is 24.9 Å². The molecule has 7 heteroatoms. The number of nitrogens with one attached hydrogen (secondary N) is 2. The number of hydrogen-bond acceptors (Lipinski definition) is 4. The van der Waals surface area contributed by atoms with Crippen molar-refractivity contribution in [2.75, 3.05) is 29.9 Å². The van der Waals surface area contributed by atoms with Crippen LogP contribution in [-0.2, 0) is 4.74 Å². The predicted molar refractivity (Wildman–Crippen MR) is 128 cm³/mol. The van der Waals surface area contributed by atoms with Crippen molar-refractivity contribution in [3.63, 3.8) is 0 Å². The molecule has 1 aliphatic heterocycles. The third kappa shape index (κ3) is 5.86. The number of hydrogen-bond donors (Lipinski definition) is 2. The Kier molecular flexibility index (Phi) is 7.94. The number of rotatable bonds is 6. The number of carbonyl (C=O) groups excluding carboxylic acids is 1. The third-order valence-electron chi connectivity index (χ3n) is 5.18. The van der Waals surface area contributed by atoms with Crippen LogP contribution in [0.5, 0.6) is 0 Å². The highest BCUT2D eigenvalue weighted by Gasteiger charge is 2.14. The number of thiocarbonyl (C=S) groups is 1. The van der Waals surface area contributed by atoms with E-state index in [9.17, 15) is 4.79 Å². The summed E-state index contributed by atoms with van der Waals surface area (Å²) in [4.78, 5) is 14.5. The zero-order valence-corrected chi connectivity index (χ0v) is 19.0. The van der Waals surface area contributed by atoms with Crippen LogP contribution in [0.2, 0.25) is 5.02 Å². The molecule has 0 aliphatic carbocycles. The van der Waals surface area contributed by atoms with Crippen molar-refractivity contribution in [3.8, 4) is 0 Å². The van der Waals surface area contributed by atoms with Gasteiger partial charge in [-0.3, -0.25) is 0 Å². The monoisotopic (exact) mass is 445 g/mol. The summed E-state index contributed by atoms with van der Waals surface area (Å²) < 4.78 is 5.04. The zero-order valence-electron chi connectivity index (χ0n) is 17.4. The van der Waals surface area contributed by atoms with Crippen LogP contribution in [0.4, 0.5) is 11.4 Å². The number of nitrogens with zero attached hydrogens (tertiary/aromatic N) is 1. The summed E-state index contributed by atoms with van der Waals surface area (Å²) >= 11 is 11.6. The van der Waals surface area contributed by atoms with E-state index in [0.717, 1.165) is 18.7 Å². The van der Waals surface area contributed by atoms with E-state index in [1.54, 1.807) is 25.1 Å². The van der Waals surface area contributed by atoms with Gasteiger partial charge in [-0.25, -0.2) is 4.79 Å². The molecule has 2 aromatic rings. The Labute approximate surface area is 188 Å². The fourth-order valence-electron chi connectivity index (χ4n) is 3.54. The van der Waals surface area contributed by atoms with Gasteiger partial charge in [0.05, 0.1) is 23.2 Å². The normalized spacial score (nSPS) is 14.7. The summed E-state index contributed by atoms with van der Waals surface area (Å²) in [5, 5.41) is 7.22. The number of esters is 1. The van der Waals surface area contributed by atoms with Crippen LogP contribution in [0, 0.1) is 0 Å². The molecule has 0 saturated carbocycles. The summed E-state index contributed by atoms with van der Waals surface area (Å²) in [6.45, 7) is 6.39. The van der Waals surface area contributed by atoms with Crippen LogP contribution in [0.15, 0.2) is 42.5 Å². The molecule has 2 N–H and O–H groups in total. The van der Waals surface area contributed by atoms with Crippen molar-refractivity contribution in [1.82, 2.24) is 5.32 Å². The van der Waals surface area contributed by atoms with Crippen LogP contribution in [-0.4, -0.2) is 30.8 Å². The van der Waals surface area contributed by atoms with Gasteiger partial charge in [-0.2, -0.15) is 0 Å². The molecule has 5 nitrogen and oxygen atoms in total. The molecule has 1 heterocycles. The number of benzene rings is 2. The molecular weight excluding hydrogens is 418 g/mol. The third-order valence-corrected chi connectivity index (χ3v) is 5.73. The van der Waals surface area contributed by atoms with Gasteiger partial charge in [-0.1, -0.05) is 23.7 Å². The Morgan fingerprint density at radius 1 is 1.17 bits per heavy atom. The summed E-state index contributed by atoms with van der Waals surface area (Å²) in [6.07, 6.45) is 3.86. The summed E-state index contributed by atoms with van der Waals surface area (Å²) in [6, 6.07) is 13.8. The second-order valence-electron chi connectivity index (χ2n) is 7.37. The van der Waals surface area contributed by atoms with Crippen LogP contribution < -0.4 is 15.5 Å². The first-order chi connectivity index (χ1) is 14.5. The van der Waals surface area contributed by atoms with Crippen molar-refractivity contribution in [3.05, 3.63) is 58.6 Å². The van der Waals surface area contributed by atoms with Gasteiger partial charge in [-0.15, -0.1) is 0 Å². The Hall–Kier alpha value is -2.31. The standard InChI is InChI=1S/C23H28ClN3O2S/c1-3-29-22(28)20-15-18(9-12-21(20)24)26-23(30)25-16(2)17-7-10-19(11-8-17)27-13-5-4-6-14-27/h7-12,15-16H,3-6,13-14H2,1-2H3,(H2,25,26,30)/t16-/m0/s1. The molecule has 1 atom stereocenters. The number of ether oxygens (including phenoxy) is 1. The Bertz CT molecular complexity index is 883. The molecule has 0 bridgehead atoms. The van der Waals surface area contributed by atoms with E-state index in [-0.39, 0.29) is 6.04 Å². The Morgan fingerprint density at radius 3 is 2.53 bits per heavy atom. The van der Waals surface area contributed by atoms with Crippen molar-refractivity contribution >= 4 is 46.3 Å². The number of halogens is 1. The Morgan fingerprint density at radius 2 is 1.87 bits per heavy atom. The molecule has 1 fully saturated rings. The zero-order chi connectivity index (χ0) is 21.5. The Balaban J connectivity index is 1.59. The molecule has 1 saturated heterocycles. The van der Waals surface area contributed by atoms with Crippen LogP contribution in [0.1, 0.15) is 55.1 Å². The average Bonchev–Trinajstić information content (AvgIpc) is 2.76. The lowest BCUT2D eigenvalue weighted by atomic mass is 10.1. The van der Waals surface area contributed by atoms with Gasteiger partial charge in [0, 0.05) is 24.5 Å². The molecule has 30 heavy (non-hydrogen) atoms. The number of carbonyl (C=O) groups is 1. The first kappa shape index (κ1) is 22.4. The van der Waals surface area contributed by atoms with Crippen molar-refractivity contribution in [1.29, 1.82) is 0 Å². The molecule has 160 valence electrons. The molecule has 3 rings (SSSR count).